The number of hydrogen-bond acceptors (Lipinski definition) is 1. The van der Waals surface area contributed by atoms with E-state index in [4.69, 9.17) is 4.80 Å². The van der Waals surface area contributed by atoms with E-state index in [1.165, 1.54) is 38.5 Å². The third-order valence-electron chi connectivity index (χ3n) is 3.40. The van der Waals surface area contributed by atoms with Gasteiger partial charge < -0.3 is 4.80 Å². The molecule has 0 heterocycles. The van der Waals surface area contributed by atoms with Crippen molar-refractivity contribution in [2.75, 3.05) is 0 Å². The molecule has 2 rings (SSSR count). The molecule has 0 aliphatic heterocycles. The van der Waals surface area contributed by atoms with E-state index >= 15 is 0 Å². The van der Waals surface area contributed by atoms with Crippen LogP contribution in [0.25, 0.3) is 0 Å². The molecular formula is C10H20OSi. The fourth-order valence-electron chi connectivity index (χ4n) is 2.40. The van der Waals surface area contributed by atoms with E-state index in [1.807, 2.05) is 0 Å². The lowest BCUT2D eigenvalue weighted by atomic mass is 9.93. The van der Waals surface area contributed by atoms with E-state index in [1.54, 1.807) is 0 Å². The third kappa shape index (κ3) is 2.33. The number of hydrogen-bond donors (Lipinski definition) is 1. The third-order valence-corrected chi connectivity index (χ3v) is 4.22. The Bertz CT molecular complexity index is 129. The van der Waals surface area contributed by atoms with Gasteiger partial charge in [0.25, 0.3) is 0 Å². The highest BCUT2D eigenvalue weighted by Crippen LogP contribution is 2.51. The molecule has 2 heteroatoms. The van der Waals surface area contributed by atoms with Crippen LogP contribution in [0.15, 0.2) is 0 Å². The summed E-state index contributed by atoms with van der Waals surface area (Å²) in [5.74, 6) is 3.29. The molecule has 0 unspecified atom stereocenters. The van der Waals surface area contributed by atoms with E-state index in [2.05, 4.69) is 0 Å². The van der Waals surface area contributed by atoms with Crippen molar-refractivity contribution in [3.8, 4) is 0 Å². The van der Waals surface area contributed by atoms with Crippen molar-refractivity contribution in [3.63, 3.8) is 0 Å². The van der Waals surface area contributed by atoms with E-state index in [-0.39, 0.29) is 0 Å². The van der Waals surface area contributed by atoms with E-state index in [0.717, 1.165) is 23.8 Å². The fraction of sp³-hybridized carbons (Fsp3) is 1.00. The summed E-state index contributed by atoms with van der Waals surface area (Å²) in [4.78, 5) is 8.83. The van der Waals surface area contributed by atoms with Crippen molar-refractivity contribution < 1.29 is 4.80 Å². The largest absolute Gasteiger partial charge is 0.438 e. The summed E-state index contributed by atoms with van der Waals surface area (Å²) in [6.45, 7) is 0. The molecule has 2 aliphatic carbocycles. The van der Waals surface area contributed by atoms with Gasteiger partial charge in [-0.15, -0.1) is 0 Å². The molecule has 0 radical (unpaired) electrons. The molecule has 2 aliphatic rings. The van der Waals surface area contributed by atoms with Gasteiger partial charge in [0, 0.05) is 0 Å². The molecule has 2 fully saturated rings. The highest BCUT2D eigenvalue weighted by atomic mass is 28.2. The van der Waals surface area contributed by atoms with Crippen LogP contribution in [-0.4, -0.2) is 14.6 Å². The summed E-state index contributed by atoms with van der Waals surface area (Å²) < 4.78 is 0. The molecule has 70 valence electrons. The molecule has 2 saturated carbocycles. The first-order valence-corrected chi connectivity index (χ1v) is 7.16. The summed E-state index contributed by atoms with van der Waals surface area (Å²) in [7, 11) is -0.637. The van der Waals surface area contributed by atoms with E-state index in [9.17, 15) is 0 Å². The minimum absolute atomic E-state index is 0.637. The predicted molar refractivity (Wildman–Crippen MR) is 53.7 cm³/mol. The first kappa shape index (κ1) is 8.76. The van der Waals surface area contributed by atoms with Gasteiger partial charge in [0.05, 0.1) is 0 Å². The molecule has 0 bridgehead atoms. The summed E-state index contributed by atoms with van der Waals surface area (Å²) in [6, 6.07) is 1.16. The standard InChI is InChI=1S/C10H20OSi/c11-12-7-1-2-10(8-3-4-8)9-5-6-9/h8-11H,1-7,12H2. The van der Waals surface area contributed by atoms with Crippen LogP contribution in [-0.2, 0) is 0 Å². The lowest BCUT2D eigenvalue weighted by Gasteiger charge is -2.14. The zero-order valence-electron chi connectivity index (χ0n) is 7.84. The summed E-state index contributed by atoms with van der Waals surface area (Å²) in [5, 5.41) is 0. The average molecular weight is 184 g/mol. The molecule has 0 amide bonds. The molecule has 0 spiro atoms. The van der Waals surface area contributed by atoms with Gasteiger partial charge in [-0.05, 0) is 49.5 Å². The van der Waals surface area contributed by atoms with Crippen molar-refractivity contribution in [3.05, 3.63) is 0 Å². The Kier molecular flexibility index (Phi) is 2.86. The van der Waals surface area contributed by atoms with Crippen LogP contribution in [0.1, 0.15) is 38.5 Å². The van der Waals surface area contributed by atoms with Gasteiger partial charge in [-0.25, -0.2) is 0 Å². The fourth-order valence-corrected chi connectivity index (χ4v) is 2.91. The molecule has 1 nitrogen and oxygen atoms in total. The molecule has 0 atom stereocenters. The lowest BCUT2D eigenvalue weighted by Crippen LogP contribution is -2.05. The first-order chi connectivity index (χ1) is 5.92. The van der Waals surface area contributed by atoms with Crippen LogP contribution in [0.2, 0.25) is 6.04 Å². The van der Waals surface area contributed by atoms with Crippen molar-refractivity contribution >= 4 is 9.76 Å². The monoisotopic (exact) mass is 184 g/mol. The van der Waals surface area contributed by atoms with Crippen molar-refractivity contribution in [2.45, 2.75) is 44.6 Å². The van der Waals surface area contributed by atoms with Crippen LogP contribution in [0, 0.1) is 17.8 Å². The van der Waals surface area contributed by atoms with Gasteiger partial charge in [0.15, 0.2) is 9.76 Å². The highest BCUT2D eigenvalue weighted by molar-refractivity contribution is 6.25. The number of rotatable bonds is 6. The topological polar surface area (TPSA) is 20.2 Å². The molecule has 0 aromatic rings. The first-order valence-electron chi connectivity index (χ1n) is 5.52. The van der Waals surface area contributed by atoms with Crippen LogP contribution < -0.4 is 0 Å². The Morgan fingerprint density at radius 2 is 1.75 bits per heavy atom. The van der Waals surface area contributed by atoms with Gasteiger partial charge in [0.1, 0.15) is 0 Å². The molecule has 1 N–H and O–H groups in total. The SMILES string of the molecule is O[SiH2]CCCC(C1CC1)C1CC1. The molecule has 0 aromatic carbocycles. The van der Waals surface area contributed by atoms with Crippen molar-refractivity contribution in [2.24, 2.45) is 17.8 Å². The van der Waals surface area contributed by atoms with E-state index in [0.29, 0.717) is 0 Å². The van der Waals surface area contributed by atoms with Crippen LogP contribution in [0.4, 0.5) is 0 Å². The molecular weight excluding hydrogens is 164 g/mol. The minimum atomic E-state index is -0.637. The Labute approximate surface area is 77.5 Å². The second-order valence-electron chi connectivity index (χ2n) is 4.56. The predicted octanol–water partition coefficient (Wildman–Crippen LogP) is 1.70. The summed E-state index contributed by atoms with van der Waals surface area (Å²) >= 11 is 0. The van der Waals surface area contributed by atoms with Gasteiger partial charge >= 0.3 is 0 Å². The zero-order valence-corrected chi connectivity index (χ0v) is 9.25. The smallest absolute Gasteiger partial charge is 0.156 e. The second kappa shape index (κ2) is 3.92. The normalized spacial score (nSPS) is 24.5. The lowest BCUT2D eigenvalue weighted by molar-refractivity contribution is 0.372. The van der Waals surface area contributed by atoms with Crippen molar-refractivity contribution in [1.82, 2.24) is 0 Å². The van der Waals surface area contributed by atoms with Crippen LogP contribution in [0.5, 0.6) is 0 Å². The summed E-state index contributed by atoms with van der Waals surface area (Å²) in [5.41, 5.74) is 0. The van der Waals surface area contributed by atoms with E-state index < -0.39 is 9.76 Å². The Balaban J connectivity index is 1.66. The Morgan fingerprint density at radius 1 is 1.17 bits per heavy atom. The molecule has 12 heavy (non-hydrogen) atoms. The average Bonchev–Trinajstić information content (AvgIpc) is 2.87. The Hall–Kier alpha value is 0.177. The van der Waals surface area contributed by atoms with Gasteiger partial charge in [-0.3, -0.25) is 0 Å². The maximum atomic E-state index is 8.83. The van der Waals surface area contributed by atoms with Gasteiger partial charge in [-0.2, -0.15) is 0 Å². The maximum Gasteiger partial charge on any atom is 0.156 e. The summed E-state index contributed by atoms with van der Waals surface area (Å²) in [6.07, 6.45) is 8.80. The quantitative estimate of drug-likeness (QED) is 0.492. The Morgan fingerprint density at radius 3 is 2.17 bits per heavy atom. The minimum Gasteiger partial charge on any atom is -0.438 e. The van der Waals surface area contributed by atoms with Crippen molar-refractivity contribution in [1.29, 1.82) is 0 Å². The van der Waals surface area contributed by atoms with Crippen LogP contribution in [0.3, 0.4) is 0 Å². The maximum absolute atomic E-state index is 8.83. The van der Waals surface area contributed by atoms with Crippen LogP contribution >= 0.6 is 0 Å². The highest BCUT2D eigenvalue weighted by Gasteiger charge is 2.40. The molecule has 0 aromatic heterocycles. The van der Waals surface area contributed by atoms with Gasteiger partial charge in [0.2, 0.25) is 0 Å². The second-order valence-corrected chi connectivity index (χ2v) is 5.71. The zero-order chi connectivity index (χ0) is 8.39. The molecule has 0 saturated heterocycles. The van der Waals surface area contributed by atoms with Gasteiger partial charge in [-0.1, -0.05) is 12.8 Å².